The van der Waals surface area contributed by atoms with Crippen molar-refractivity contribution in [3.8, 4) is 0 Å². The first-order valence-electron chi connectivity index (χ1n) is 4.59. The maximum Gasteiger partial charge on any atom is 0.214 e. The molecule has 1 aromatic carbocycles. The number of aryl methyl sites for hydroxylation is 1. The molecule has 1 N–H and O–H groups in total. The van der Waals surface area contributed by atoms with Crippen LogP contribution in [0.5, 0.6) is 0 Å². The monoisotopic (exact) mass is 174 g/mol. The van der Waals surface area contributed by atoms with E-state index in [4.69, 9.17) is 1.41 Å². The molecule has 3 heteroatoms. The Bertz CT molecular complexity index is 499. The Morgan fingerprint density at radius 2 is 2.23 bits per heavy atom. The fraction of sp³-hybridized carbons (Fsp3) is 0.200. The summed E-state index contributed by atoms with van der Waals surface area (Å²) in [6.07, 6.45) is 0. The van der Waals surface area contributed by atoms with Gasteiger partial charge in [-0.15, -0.1) is 0 Å². The molecule has 2 rings (SSSR count). The van der Waals surface area contributed by atoms with Crippen LogP contribution in [0.2, 0.25) is 1.41 Å². The first kappa shape index (κ1) is 6.83. The zero-order valence-electron chi connectivity index (χ0n) is 8.65. The molecular weight excluding hydrogens is 162 g/mol. The van der Waals surface area contributed by atoms with E-state index in [1.54, 1.807) is 0 Å². The molecule has 0 amide bonds. The summed E-state index contributed by atoms with van der Waals surface area (Å²) in [5.74, 6) is 0. The molecule has 0 aliphatic carbocycles. The standard InChI is InChI=1S/C10H11N3/c1-7-10(12-11)8-5-3-4-6-9(8)13(7)2/h3-6,11H,1-2H3/i/hD. The van der Waals surface area contributed by atoms with Crippen LogP contribution in [-0.2, 0) is 7.05 Å². The molecule has 0 bridgehead atoms. The molecule has 1 heterocycles. The second-order valence-electron chi connectivity index (χ2n) is 3.11. The topological polar surface area (TPSA) is 41.1 Å². The predicted molar refractivity (Wildman–Crippen MR) is 52.5 cm³/mol. The van der Waals surface area contributed by atoms with E-state index in [0.29, 0.717) is 0 Å². The third-order valence-electron chi connectivity index (χ3n) is 2.47. The van der Waals surface area contributed by atoms with Gasteiger partial charge in [0.25, 0.3) is 0 Å². The lowest BCUT2D eigenvalue weighted by Gasteiger charge is -1.96. The van der Waals surface area contributed by atoms with Crippen LogP contribution in [0.25, 0.3) is 10.9 Å². The van der Waals surface area contributed by atoms with Crippen molar-refractivity contribution in [3.63, 3.8) is 0 Å². The second kappa shape index (κ2) is 2.69. The van der Waals surface area contributed by atoms with E-state index < -0.39 is 0 Å². The molecule has 0 aliphatic heterocycles. The minimum atomic E-state index is 0.790. The molecule has 1 aromatic heterocycles. The lowest BCUT2D eigenvalue weighted by atomic mass is 10.2. The Kier molecular flexibility index (Phi) is 1.41. The van der Waals surface area contributed by atoms with Crippen molar-refractivity contribution in [2.75, 3.05) is 0 Å². The largest absolute Gasteiger partial charge is 0.346 e. The molecule has 0 fully saturated rings. The summed E-state index contributed by atoms with van der Waals surface area (Å²) in [5.41, 5.74) is 6.03. The van der Waals surface area contributed by atoms with Crippen LogP contribution in [0.3, 0.4) is 0 Å². The minimum absolute atomic E-state index is 0.790. The highest BCUT2D eigenvalue weighted by atomic mass is 15.0. The van der Waals surface area contributed by atoms with Gasteiger partial charge in [0.05, 0.1) is 5.52 Å². The first-order valence-corrected chi connectivity index (χ1v) is 4.15. The number of hydrogen-bond acceptors (Lipinski definition) is 2. The molecule has 0 atom stereocenters. The lowest BCUT2D eigenvalue weighted by Crippen LogP contribution is -1.88. The molecule has 0 spiro atoms. The van der Waals surface area contributed by atoms with Gasteiger partial charge in [0.1, 0.15) is 5.69 Å². The molecule has 0 saturated carbocycles. The Morgan fingerprint density at radius 3 is 3.00 bits per heavy atom. The fourth-order valence-electron chi connectivity index (χ4n) is 1.63. The molecule has 3 nitrogen and oxygen atoms in total. The first-order chi connectivity index (χ1) is 6.75. The van der Waals surface area contributed by atoms with Gasteiger partial charge >= 0.3 is 0 Å². The van der Waals surface area contributed by atoms with Crippen LogP contribution in [0.1, 0.15) is 5.69 Å². The Labute approximate surface area is 78.0 Å². The number of benzene rings is 1. The maximum atomic E-state index is 6.77. The molecule has 2 aromatic rings. The summed E-state index contributed by atoms with van der Waals surface area (Å²) in [7, 11) is 1.99. The number of aromatic nitrogens is 1. The number of para-hydroxylation sites is 1. The van der Waals surface area contributed by atoms with E-state index in [0.717, 1.165) is 22.3 Å². The van der Waals surface area contributed by atoms with Crippen LogP contribution in [0.15, 0.2) is 29.4 Å². The van der Waals surface area contributed by atoms with E-state index in [1.807, 2.05) is 38.2 Å². The van der Waals surface area contributed by atoms with E-state index in [-0.39, 0.29) is 0 Å². The Morgan fingerprint density at radius 1 is 1.46 bits per heavy atom. The number of fused-ring (bicyclic) bond motifs is 1. The zero-order chi connectivity index (χ0) is 10.1. The normalized spacial score (nSPS) is 12.6. The SMILES string of the molecule is [2H]N=Nc1c(C)n(C)c2ccccc12. The number of nitrogens with zero attached hydrogens (tertiary/aromatic N) is 2. The molecule has 0 unspecified atom stereocenters. The molecule has 13 heavy (non-hydrogen) atoms. The van der Waals surface area contributed by atoms with Crippen LogP contribution in [0.4, 0.5) is 5.69 Å². The van der Waals surface area contributed by atoms with Crippen molar-refractivity contribution < 1.29 is 1.41 Å². The average Bonchev–Trinajstić information content (AvgIpc) is 2.45. The highest BCUT2D eigenvalue weighted by Gasteiger charge is 2.09. The van der Waals surface area contributed by atoms with Crippen LogP contribution in [-0.4, -0.2) is 4.57 Å². The van der Waals surface area contributed by atoms with Crippen LogP contribution < -0.4 is 0 Å². The third-order valence-corrected chi connectivity index (χ3v) is 2.47. The Hall–Kier alpha value is -1.64. The van der Waals surface area contributed by atoms with Gasteiger partial charge in [-0.25, -0.2) is 5.52 Å². The molecule has 0 aliphatic rings. The van der Waals surface area contributed by atoms with Gasteiger partial charge in [-0.3, -0.25) is 0 Å². The summed E-state index contributed by atoms with van der Waals surface area (Å²) >= 11 is 0. The average molecular weight is 174 g/mol. The van der Waals surface area contributed by atoms with Crippen molar-refractivity contribution in [2.24, 2.45) is 12.2 Å². The van der Waals surface area contributed by atoms with Gasteiger partial charge in [0.15, 0.2) is 0 Å². The summed E-state index contributed by atoms with van der Waals surface area (Å²) in [5, 5.41) is 4.87. The van der Waals surface area contributed by atoms with E-state index in [9.17, 15) is 0 Å². The maximum absolute atomic E-state index is 6.77. The van der Waals surface area contributed by atoms with Crippen LogP contribution in [0, 0.1) is 12.4 Å². The van der Waals surface area contributed by atoms with Crippen molar-refractivity contribution in [1.29, 1.82) is 5.52 Å². The predicted octanol–water partition coefficient (Wildman–Crippen LogP) is 3.15. The second-order valence-corrected chi connectivity index (χ2v) is 3.11. The molecule has 0 saturated heterocycles. The summed E-state index contributed by atoms with van der Waals surface area (Å²) in [6, 6.07) is 7.98. The number of rotatable bonds is 1. The van der Waals surface area contributed by atoms with Gasteiger partial charge < -0.3 is 4.57 Å². The van der Waals surface area contributed by atoms with Gasteiger partial charge in [0.2, 0.25) is 1.41 Å². The Balaban J connectivity index is 2.87. The lowest BCUT2D eigenvalue weighted by molar-refractivity contribution is 0.913. The van der Waals surface area contributed by atoms with E-state index >= 15 is 0 Å². The van der Waals surface area contributed by atoms with Gasteiger partial charge in [-0.05, 0) is 13.0 Å². The van der Waals surface area contributed by atoms with Crippen LogP contribution >= 0.6 is 0 Å². The van der Waals surface area contributed by atoms with Crippen molar-refractivity contribution >= 4 is 16.6 Å². The molecular formula is C10H11N3. The summed E-state index contributed by atoms with van der Waals surface area (Å²) < 4.78 is 8.83. The van der Waals surface area contributed by atoms with Gasteiger partial charge in [-0.2, -0.15) is 5.11 Å². The van der Waals surface area contributed by atoms with Gasteiger partial charge in [0, 0.05) is 18.1 Å². The van der Waals surface area contributed by atoms with Crippen molar-refractivity contribution in [3.05, 3.63) is 30.0 Å². The quantitative estimate of drug-likeness (QED) is 0.645. The zero-order valence-corrected chi connectivity index (χ0v) is 7.65. The highest BCUT2D eigenvalue weighted by molar-refractivity contribution is 5.93. The smallest absolute Gasteiger partial charge is 0.214 e. The summed E-state index contributed by atoms with van der Waals surface area (Å²) in [6.45, 7) is 1.98. The summed E-state index contributed by atoms with van der Waals surface area (Å²) in [4.78, 5) is 0. The van der Waals surface area contributed by atoms with E-state index in [1.165, 1.54) is 0 Å². The highest BCUT2D eigenvalue weighted by Crippen LogP contribution is 2.31. The van der Waals surface area contributed by atoms with Crippen molar-refractivity contribution in [1.82, 2.24) is 4.57 Å². The van der Waals surface area contributed by atoms with Gasteiger partial charge in [-0.1, -0.05) is 18.2 Å². The third kappa shape index (κ3) is 0.967. The fourth-order valence-corrected chi connectivity index (χ4v) is 1.63. The van der Waals surface area contributed by atoms with E-state index in [2.05, 4.69) is 15.2 Å². The molecule has 66 valence electrons. The number of nitrogens with one attached hydrogen (secondary N) is 1. The number of hydrogen-bond donors (Lipinski definition) is 1. The van der Waals surface area contributed by atoms with Crippen molar-refractivity contribution in [2.45, 2.75) is 6.92 Å². The minimum Gasteiger partial charge on any atom is -0.346 e. The molecule has 0 radical (unpaired) electrons.